The fourth-order valence-electron chi connectivity index (χ4n) is 2.00. The molecule has 0 saturated heterocycles. The molecule has 6 heteroatoms. The summed E-state index contributed by atoms with van der Waals surface area (Å²) in [7, 11) is 0. The summed E-state index contributed by atoms with van der Waals surface area (Å²) in [6.07, 6.45) is 1.78. The van der Waals surface area contributed by atoms with Crippen LogP contribution in [0.3, 0.4) is 0 Å². The van der Waals surface area contributed by atoms with Crippen molar-refractivity contribution in [2.45, 2.75) is 59.8 Å². The van der Waals surface area contributed by atoms with Crippen LogP contribution < -0.4 is 5.32 Å². The second kappa shape index (κ2) is 5.75. The van der Waals surface area contributed by atoms with Gasteiger partial charge < -0.3 is 5.32 Å². The van der Waals surface area contributed by atoms with E-state index in [9.17, 15) is 0 Å². The average Bonchev–Trinajstić information content (AvgIpc) is 2.93. The van der Waals surface area contributed by atoms with Crippen LogP contribution in [-0.4, -0.2) is 30.1 Å². The molecule has 0 bridgehead atoms. The molecule has 0 fully saturated rings. The van der Waals surface area contributed by atoms with E-state index in [0.29, 0.717) is 13.1 Å². The summed E-state index contributed by atoms with van der Waals surface area (Å²) in [4.78, 5) is 4.34. The van der Waals surface area contributed by atoms with E-state index >= 15 is 0 Å². The lowest BCUT2D eigenvalue weighted by atomic mass is 10.1. The van der Waals surface area contributed by atoms with Gasteiger partial charge in [-0.15, -0.1) is 0 Å². The van der Waals surface area contributed by atoms with Gasteiger partial charge in [0.2, 0.25) is 0 Å². The largest absolute Gasteiger partial charge is 0.305 e. The van der Waals surface area contributed by atoms with E-state index in [4.69, 9.17) is 0 Å². The molecule has 0 aliphatic carbocycles. The zero-order valence-corrected chi connectivity index (χ0v) is 13.0. The third kappa shape index (κ3) is 3.90. The Morgan fingerprint density at radius 3 is 2.65 bits per heavy atom. The molecule has 2 heterocycles. The van der Waals surface area contributed by atoms with Gasteiger partial charge in [0, 0.05) is 12.1 Å². The summed E-state index contributed by atoms with van der Waals surface area (Å²) in [5, 5.41) is 12.3. The number of hydrogen-bond acceptors (Lipinski definition) is 4. The van der Waals surface area contributed by atoms with Gasteiger partial charge in [0.1, 0.15) is 6.33 Å². The molecular weight excluding hydrogens is 252 g/mol. The van der Waals surface area contributed by atoms with Crippen molar-refractivity contribution in [1.82, 2.24) is 29.9 Å². The second-order valence-corrected chi connectivity index (χ2v) is 6.05. The van der Waals surface area contributed by atoms with Crippen LogP contribution in [0.15, 0.2) is 12.4 Å². The van der Waals surface area contributed by atoms with Crippen LogP contribution in [0.1, 0.15) is 44.9 Å². The Bertz CT molecular complexity index is 560. The predicted molar refractivity (Wildman–Crippen MR) is 78.4 cm³/mol. The van der Waals surface area contributed by atoms with E-state index in [1.54, 1.807) is 6.33 Å². The van der Waals surface area contributed by atoms with Crippen molar-refractivity contribution in [2.24, 2.45) is 0 Å². The lowest BCUT2D eigenvalue weighted by Crippen LogP contribution is -2.35. The Labute approximate surface area is 120 Å². The zero-order valence-electron chi connectivity index (χ0n) is 13.0. The van der Waals surface area contributed by atoms with E-state index in [-0.39, 0.29) is 5.54 Å². The summed E-state index contributed by atoms with van der Waals surface area (Å²) >= 11 is 0. The summed E-state index contributed by atoms with van der Waals surface area (Å²) in [6.45, 7) is 12.8. The van der Waals surface area contributed by atoms with E-state index in [1.165, 1.54) is 0 Å². The van der Waals surface area contributed by atoms with E-state index in [2.05, 4.69) is 54.3 Å². The van der Waals surface area contributed by atoms with Crippen molar-refractivity contribution in [3.63, 3.8) is 0 Å². The highest BCUT2D eigenvalue weighted by Gasteiger charge is 2.11. The summed E-state index contributed by atoms with van der Waals surface area (Å²) in [5.41, 5.74) is 2.27. The normalized spacial score (nSPS) is 12.1. The number of aryl methyl sites for hydroxylation is 2. The Kier molecular flexibility index (Phi) is 4.23. The van der Waals surface area contributed by atoms with E-state index < -0.39 is 0 Å². The summed E-state index contributed by atoms with van der Waals surface area (Å²) < 4.78 is 3.87. The van der Waals surface area contributed by atoms with Crippen molar-refractivity contribution < 1.29 is 0 Å². The van der Waals surface area contributed by atoms with Gasteiger partial charge in [-0.25, -0.2) is 9.67 Å². The Hall–Kier alpha value is -1.69. The standard InChI is InChI=1S/C14H24N6/c1-6-20-12(7-11(2)17-20)9-19-10-15-13(18-19)8-16-14(3,4)5/h7,10,16H,6,8-9H2,1-5H3. The van der Waals surface area contributed by atoms with Crippen LogP contribution in [0.4, 0.5) is 0 Å². The van der Waals surface area contributed by atoms with E-state index in [0.717, 1.165) is 23.8 Å². The first-order valence-corrected chi connectivity index (χ1v) is 7.04. The molecule has 0 spiro atoms. The van der Waals surface area contributed by atoms with Crippen molar-refractivity contribution in [2.75, 3.05) is 0 Å². The van der Waals surface area contributed by atoms with Crippen LogP contribution in [0.25, 0.3) is 0 Å². The lowest BCUT2D eigenvalue weighted by Gasteiger charge is -2.19. The van der Waals surface area contributed by atoms with Crippen LogP contribution >= 0.6 is 0 Å². The molecule has 20 heavy (non-hydrogen) atoms. The third-order valence-electron chi connectivity index (χ3n) is 2.97. The maximum atomic E-state index is 4.50. The number of hydrogen-bond donors (Lipinski definition) is 1. The molecule has 0 aromatic carbocycles. The van der Waals surface area contributed by atoms with Crippen LogP contribution in [-0.2, 0) is 19.6 Å². The molecule has 0 aliphatic rings. The van der Waals surface area contributed by atoms with Gasteiger partial charge in [0.25, 0.3) is 0 Å². The molecule has 110 valence electrons. The smallest absolute Gasteiger partial charge is 0.164 e. The average molecular weight is 276 g/mol. The van der Waals surface area contributed by atoms with Crippen molar-refractivity contribution >= 4 is 0 Å². The molecule has 2 rings (SSSR count). The third-order valence-corrected chi connectivity index (χ3v) is 2.97. The highest BCUT2D eigenvalue weighted by Crippen LogP contribution is 2.06. The van der Waals surface area contributed by atoms with Gasteiger partial charge in [-0.05, 0) is 40.7 Å². The molecular formula is C14H24N6. The quantitative estimate of drug-likeness (QED) is 0.903. The highest BCUT2D eigenvalue weighted by molar-refractivity contribution is 5.09. The number of aromatic nitrogens is 5. The van der Waals surface area contributed by atoms with Gasteiger partial charge in [-0.2, -0.15) is 10.2 Å². The molecule has 0 unspecified atom stereocenters. The Balaban J connectivity index is 2.02. The fraction of sp³-hybridized carbons (Fsp3) is 0.643. The van der Waals surface area contributed by atoms with E-state index in [1.807, 2.05) is 16.3 Å². The molecule has 0 atom stereocenters. The first kappa shape index (κ1) is 14.7. The van der Waals surface area contributed by atoms with Gasteiger partial charge >= 0.3 is 0 Å². The fourth-order valence-corrected chi connectivity index (χ4v) is 2.00. The minimum atomic E-state index is 0.0728. The maximum Gasteiger partial charge on any atom is 0.164 e. The van der Waals surface area contributed by atoms with Crippen molar-refractivity contribution in [1.29, 1.82) is 0 Å². The van der Waals surface area contributed by atoms with Crippen molar-refractivity contribution in [3.05, 3.63) is 29.6 Å². The molecule has 2 aromatic rings. The molecule has 0 saturated carbocycles. The van der Waals surface area contributed by atoms with Crippen LogP contribution in [0.2, 0.25) is 0 Å². The molecule has 2 aromatic heterocycles. The highest BCUT2D eigenvalue weighted by atomic mass is 15.4. The minimum Gasteiger partial charge on any atom is -0.305 e. The number of nitrogens with zero attached hydrogens (tertiary/aromatic N) is 5. The topological polar surface area (TPSA) is 60.6 Å². The Morgan fingerprint density at radius 1 is 1.25 bits per heavy atom. The predicted octanol–water partition coefficient (Wildman–Crippen LogP) is 1.74. The van der Waals surface area contributed by atoms with Gasteiger partial charge in [-0.3, -0.25) is 4.68 Å². The molecule has 6 nitrogen and oxygen atoms in total. The zero-order chi connectivity index (χ0) is 14.8. The first-order valence-electron chi connectivity index (χ1n) is 7.04. The molecule has 0 amide bonds. The van der Waals surface area contributed by atoms with Crippen molar-refractivity contribution in [3.8, 4) is 0 Å². The molecule has 1 N–H and O–H groups in total. The monoisotopic (exact) mass is 276 g/mol. The lowest BCUT2D eigenvalue weighted by molar-refractivity contribution is 0.416. The Morgan fingerprint density at radius 2 is 2.00 bits per heavy atom. The van der Waals surface area contributed by atoms with Crippen LogP contribution in [0, 0.1) is 6.92 Å². The van der Waals surface area contributed by atoms with Gasteiger partial charge in [0.15, 0.2) is 5.82 Å². The second-order valence-electron chi connectivity index (χ2n) is 6.05. The number of nitrogens with one attached hydrogen (secondary N) is 1. The minimum absolute atomic E-state index is 0.0728. The SMILES string of the molecule is CCn1nc(C)cc1Cn1cnc(CNC(C)(C)C)n1. The number of rotatable bonds is 5. The first-order chi connectivity index (χ1) is 9.37. The summed E-state index contributed by atoms with van der Waals surface area (Å²) in [5.74, 6) is 0.819. The van der Waals surface area contributed by atoms with Gasteiger partial charge in [0.05, 0.1) is 24.5 Å². The maximum absolute atomic E-state index is 4.50. The summed E-state index contributed by atoms with van der Waals surface area (Å²) in [6, 6.07) is 2.10. The molecule has 0 radical (unpaired) electrons. The molecule has 0 aliphatic heterocycles. The van der Waals surface area contributed by atoms with Gasteiger partial charge in [-0.1, -0.05) is 0 Å². The van der Waals surface area contributed by atoms with Crippen LogP contribution in [0.5, 0.6) is 0 Å².